The minimum atomic E-state index is -0.0893. The van der Waals surface area contributed by atoms with Crippen LogP contribution in [0.2, 0.25) is 0 Å². The van der Waals surface area contributed by atoms with Crippen LogP contribution in [-0.4, -0.2) is 37.3 Å². The summed E-state index contributed by atoms with van der Waals surface area (Å²) in [5, 5.41) is 3.95. The molecule has 0 saturated carbocycles. The van der Waals surface area contributed by atoms with Crippen molar-refractivity contribution >= 4 is 16.8 Å². The number of carbonyl (C=O) groups is 1. The van der Waals surface area contributed by atoms with Gasteiger partial charge in [0.15, 0.2) is 0 Å². The van der Waals surface area contributed by atoms with Crippen LogP contribution in [0.25, 0.3) is 22.2 Å². The van der Waals surface area contributed by atoms with Crippen molar-refractivity contribution in [2.75, 3.05) is 20.3 Å². The SMILES string of the molecule is COc1ccc(-c2cc(C(=O)NC[C@@H]3CCCO3)c3cc(C(C)C)ccc3n2)cc1. The lowest BCUT2D eigenvalue weighted by Gasteiger charge is -2.15. The van der Waals surface area contributed by atoms with Gasteiger partial charge < -0.3 is 14.8 Å². The molecule has 0 aliphatic carbocycles. The zero-order valence-corrected chi connectivity index (χ0v) is 17.8. The highest BCUT2D eigenvalue weighted by molar-refractivity contribution is 6.07. The Morgan fingerprint density at radius 3 is 2.67 bits per heavy atom. The van der Waals surface area contributed by atoms with E-state index in [4.69, 9.17) is 14.5 Å². The first-order chi connectivity index (χ1) is 14.5. The van der Waals surface area contributed by atoms with Gasteiger partial charge in [-0.05, 0) is 66.8 Å². The average Bonchev–Trinajstić information content (AvgIpc) is 3.30. The topological polar surface area (TPSA) is 60.5 Å². The largest absolute Gasteiger partial charge is 0.497 e. The summed E-state index contributed by atoms with van der Waals surface area (Å²) in [4.78, 5) is 18.0. The molecule has 0 spiro atoms. The number of fused-ring (bicyclic) bond motifs is 1. The number of nitrogens with one attached hydrogen (secondary N) is 1. The van der Waals surface area contributed by atoms with Crippen LogP contribution in [0.4, 0.5) is 0 Å². The van der Waals surface area contributed by atoms with Gasteiger partial charge in [-0.1, -0.05) is 19.9 Å². The Balaban J connectivity index is 1.74. The van der Waals surface area contributed by atoms with Crippen molar-refractivity contribution in [1.29, 1.82) is 0 Å². The fourth-order valence-electron chi connectivity index (χ4n) is 3.81. The molecule has 1 aliphatic heterocycles. The summed E-state index contributed by atoms with van der Waals surface area (Å²) in [6.07, 6.45) is 2.15. The van der Waals surface area contributed by atoms with Crippen molar-refractivity contribution in [2.45, 2.75) is 38.7 Å². The van der Waals surface area contributed by atoms with Crippen LogP contribution < -0.4 is 10.1 Å². The highest BCUT2D eigenvalue weighted by atomic mass is 16.5. The molecule has 156 valence electrons. The number of nitrogens with zero attached hydrogens (tertiary/aromatic N) is 1. The number of benzene rings is 2. The Morgan fingerprint density at radius 1 is 1.20 bits per heavy atom. The van der Waals surface area contributed by atoms with Gasteiger partial charge in [-0.3, -0.25) is 4.79 Å². The van der Waals surface area contributed by atoms with E-state index in [1.54, 1.807) is 7.11 Å². The third-order valence-corrected chi connectivity index (χ3v) is 5.64. The van der Waals surface area contributed by atoms with Crippen molar-refractivity contribution in [3.63, 3.8) is 0 Å². The summed E-state index contributed by atoms with van der Waals surface area (Å²) >= 11 is 0. The lowest BCUT2D eigenvalue weighted by Crippen LogP contribution is -2.32. The molecule has 1 atom stereocenters. The summed E-state index contributed by atoms with van der Waals surface area (Å²) in [5.74, 6) is 1.07. The van der Waals surface area contributed by atoms with Crippen molar-refractivity contribution < 1.29 is 14.3 Å². The molecule has 0 radical (unpaired) electrons. The fourth-order valence-corrected chi connectivity index (χ4v) is 3.81. The van der Waals surface area contributed by atoms with Crippen molar-refractivity contribution in [3.8, 4) is 17.0 Å². The number of aromatic nitrogens is 1. The molecular weight excluding hydrogens is 376 g/mol. The second-order valence-corrected chi connectivity index (χ2v) is 8.06. The van der Waals surface area contributed by atoms with Crippen molar-refractivity contribution in [3.05, 3.63) is 59.7 Å². The number of carbonyl (C=O) groups excluding carboxylic acids is 1. The van der Waals surface area contributed by atoms with Gasteiger partial charge in [0.25, 0.3) is 5.91 Å². The molecule has 3 aromatic rings. The van der Waals surface area contributed by atoms with E-state index in [0.29, 0.717) is 18.0 Å². The summed E-state index contributed by atoms with van der Waals surface area (Å²) in [6, 6.07) is 15.8. The molecular formula is C25H28N2O3. The van der Waals surface area contributed by atoms with E-state index >= 15 is 0 Å². The highest BCUT2D eigenvalue weighted by Gasteiger charge is 2.19. The molecule has 5 nitrogen and oxygen atoms in total. The molecule has 1 N–H and O–H groups in total. The standard InChI is InChI=1S/C25H28N2O3/c1-16(2)18-8-11-23-21(13-18)22(25(28)26-15-20-5-4-12-30-20)14-24(27-23)17-6-9-19(29-3)10-7-17/h6-11,13-14,16,20H,4-5,12,15H2,1-3H3,(H,26,28)/t20-/m0/s1. The van der Waals surface area contributed by atoms with Crippen LogP contribution in [0.5, 0.6) is 5.75 Å². The van der Waals surface area contributed by atoms with Gasteiger partial charge in [0, 0.05) is 24.1 Å². The van der Waals surface area contributed by atoms with E-state index in [2.05, 4.69) is 31.3 Å². The van der Waals surface area contributed by atoms with Crippen molar-refractivity contribution in [1.82, 2.24) is 10.3 Å². The molecule has 1 aromatic heterocycles. The second-order valence-electron chi connectivity index (χ2n) is 8.06. The average molecular weight is 405 g/mol. The number of pyridine rings is 1. The van der Waals surface area contributed by atoms with Gasteiger partial charge in [0.05, 0.1) is 30.0 Å². The number of methoxy groups -OCH3 is 1. The smallest absolute Gasteiger partial charge is 0.252 e. The molecule has 1 saturated heterocycles. The van der Waals surface area contributed by atoms with E-state index in [1.165, 1.54) is 5.56 Å². The van der Waals surface area contributed by atoms with E-state index in [0.717, 1.165) is 47.4 Å². The molecule has 2 heterocycles. The van der Waals surface area contributed by atoms with Gasteiger partial charge in [-0.15, -0.1) is 0 Å². The minimum absolute atomic E-state index is 0.0893. The molecule has 30 heavy (non-hydrogen) atoms. The first-order valence-corrected chi connectivity index (χ1v) is 10.5. The van der Waals surface area contributed by atoms with E-state index in [9.17, 15) is 4.79 Å². The maximum Gasteiger partial charge on any atom is 0.252 e. The lowest BCUT2D eigenvalue weighted by molar-refractivity contribution is 0.0859. The number of hydrogen-bond donors (Lipinski definition) is 1. The van der Waals surface area contributed by atoms with Crippen LogP contribution >= 0.6 is 0 Å². The van der Waals surface area contributed by atoms with E-state index in [-0.39, 0.29) is 12.0 Å². The summed E-state index contributed by atoms with van der Waals surface area (Å²) in [7, 11) is 1.64. The van der Waals surface area contributed by atoms with Gasteiger partial charge in [0.2, 0.25) is 0 Å². The molecule has 1 fully saturated rings. The first kappa shape index (κ1) is 20.4. The van der Waals surface area contributed by atoms with Gasteiger partial charge in [-0.2, -0.15) is 0 Å². The summed E-state index contributed by atoms with van der Waals surface area (Å²) < 4.78 is 10.9. The van der Waals surface area contributed by atoms with Gasteiger partial charge in [0.1, 0.15) is 5.75 Å². The Labute approximate surface area is 177 Å². The lowest BCUT2D eigenvalue weighted by atomic mass is 9.97. The Morgan fingerprint density at radius 2 is 2.00 bits per heavy atom. The first-order valence-electron chi connectivity index (χ1n) is 10.5. The molecule has 4 rings (SSSR count). The predicted molar refractivity (Wildman–Crippen MR) is 119 cm³/mol. The fraction of sp³-hybridized carbons (Fsp3) is 0.360. The van der Waals surface area contributed by atoms with Gasteiger partial charge in [-0.25, -0.2) is 4.98 Å². The monoisotopic (exact) mass is 404 g/mol. The molecule has 0 bridgehead atoms. The van der Waals surface area contributed by atoms with E-state index in [1.807, 2.05) is 36.4 Å². The Bertz CT molecular complexity index is 1040. The molecule has 1 aliphatic rings. The highest BCUT2D eigenvalue weighted by Crippen LogP contribution is 2.29. The third-order valence-electron chi connectivity index (χ3n) is 5.64. The zero-order chi connectivity index (χ0) is 21.1. The van der Waals surface area contributed by atoms with E-state index < -0.39 is 0 Å². The quantitative estimate of drug-likeness (QED) is 0.632. The third kappa shape index (κ3) is 4.31. The zero-order valence-electron chi connectivity index (χ0n) is 17.8. The molecule has 0 unspecified atom stereocenters. The summed E-state index contributed by atoms with van der Waals surface area (Å²) in [5.41, 5.74) is 4.36. The van der Waals surface area contributed by atoms with Crippen LogP contribution in [0, 0.1) is 0 Å². The van der Waals surface area contributed by atoms with Crippen LogP contribution in [0.3, 0.4) is 0 Å². The summed E-state index contributed by atoms with van der Waals surface area (Å²) in [6.45, 7) is 5.61. The molecule has 5 heteroatoms. The number of hydrogen-bond acceptors (Lipinski definition) is 4. The molecule has 1 amide bonds. The maximum atomic E-state index is 13.2. The Kier molecular flexibility index (Phi) is 6.00. The Hall–Kier alpha value is -2.92. The maximum absolute atomic E-state index is 13.2. The van der Waals surface area contributed by atoms with Gasteiger partial charge >= 0.3 is 0 Å². The minimum Gasteiger partial charge on any atom is -0.497 e. The second kappa shape index (κ2) is 8.84. The normalized spacial score (nSPS) is 16.2. The van der Waals surface area contributed by atoms with Crippen LogP contribution in [-0.2, 0) is 4.74 Å². The predicted octanol–water partition coefficient (Wildman–Crippen LogP) is 4.94. The van der Waals surface area contributed by atoms with Crippen LogP contribution in [0.15, 0.2) is 48.5 Å². The van der Waals surface area contributed by atoms with Crippen molar-refractivity contribution in [2.24, 2.45) is 0 Å². The number of ether oxygens (including phenoxy) is 2. The molecule has 2 aromatic carbocycles. The number of rotatable bonds is 6. The van der Waals surface area contributed by atoms with Crippen LogP contribution in [0.1, 0.15) is 48.5 Å². The number of amides is 1.